The minimum absolute atomic E-state index is 0.0912. The summed E-state index contributed by atoms with van der Waals surface area (Å²) in [5, 5.41) is 10.4. The summed E-state index contributed by atoms with van der Waals surface area (Å²) in [6.45, 7) is 4.21. The van der Waals surface area contributed by atoms with Gasteiger partial charge in [-0.1, -0.05) is 11.3 Å². The van der Waals surface area contributed by atoms with Crippen LogP contribution >= 0.6 is 11.3 Å². The molecule has 1 fully saturated rings. The molecule has 7 nitrogen and oxygen atoms in total. The molecule has 1 aliphatic rings. The quantitative estimate of drug-likeness (QED) is 0.794. The molecule has 1 aromatic heterocycles. The van der Waals surface area contributed by atoms with E-state index < -0.39 is 5.92 Å². The number of carbonyl (C=O) groups excluding carboxylic acids is 2. The predicted octanol–water partition coefficient (Wildman–Crippen LogP) is 1.22. The summed E-state index contributed by atoms with van der Waals surface area (Å²) in [6, 6.07) is 0. The summed E-state index contributed by atoms with van der Waals surface area (Å²) in [7, 11) is 0. The van der Waals surface area contributed by atoms with Crippen LogP contribution in [-0.4, -0.2) is 40.9 Å². The Morgan fingerprint density at radius 3 is 3.10 bits per heavy atom. The fraction of sp³-hybridized carbons (Fsp3) is 0.667. The summed E-state index contributed by atoms with van der Waals surface area (Å²) >= 11 is 1.23. The molecule has 0 bridgehead atoms. The van der Waals surface area contributed by atoms with Crippen molar-refractivity contribution in [3.8, 4) is 0 Å². The minimum Gasteiger partial charge on any atom is -0.460 e. The van der Waals surface area contributed by atoms with Gasteiger partial charge in [0.05, 0.1) is 18.6 Å². The molecule has 0 unspecified atom stereocenters. The van der Waals surface area contributed by atoms with Crippen LogP contribution in [0.5, 0.6) is 0 Å². The second-order valence-corrected chi connectivity index (χ2v) is 5.70. The first-order valence-electron chi connectivity index (χ1n) is 6.42. The van der Waals surface area contributed by atoms with Crippen LogP contribution in [0.15, 0.2) is 5.51 Å². The molecule has 2 atom stereocenters. The van der Waals surface area contributed by atoms with E-state index in [4.69, 9.17) is 9.47 Å². The number of ether oxygens (including phenoxy) is 2. The Morgan fingerprint density at radius 1 is 1.65 bits per heavy atom. The van der Waals surface area contributed by atoms with Gasteiger partial charge in [0.15, 0.2) is 0 Å². The Kier molecular flexibility index (Phi) is 5.02. The average molecular weight is 299 g/mol. The molecule has 0 spiro atoms. The zero-order chi connectivity index (χ0) is 14.5. The molecule has 0 saturated carbocycles. The first-order chi connectivity index (χ1) is 9.54. The van der Waals surface area contributed by atoms with Gasteiger partial charge >= 0.3 is 5.97 Å². The van der Waals surface area contributed by atoms with E-state index in [9.17, 15) is 9.59 Å². The van der Waals surface area contributed by atoms with Gasteiger partial charge in [-0.3, -0.25) is 9.59 Å². The fourth-order valence-corrected chi connectivity index (χ4v) is 2.37. The third-order valence-electron chi connectivity index (χ3n) is 2.82. The van der Waals surface area contributed by atoms with Crippen molar-refractivity contribution in [2.24, 2.45) is 5.92 Å². The van der Waals surface area contributed by atoms with Crippen molar-refractivity contribution >= 4 is 28.3 Å². The molecule has 1 N–H and O–H groups in total. The number of esters is 1. The topological polar surface area (TPSA) is 90.4 Å². The van der Waals surface area contributed by atoms with Crippen LogP contribution in [-0.2, 0) is 19.1 Å². The molecule has 1 amide bonds. The van der Waals surface area contributed by atoms with Gasteiger partial charge in [0, 0.05) is 12.8 Å². The third-order valence-corrected chi connectivity index (χ3v) is 3.42. The molecule has 1 aliphatic heterocycles. The predicted molar refractivity (Wildman–Crippen MR) is 72.2 cm³/mol. The van der Waals surface area contributed by atoms with E-state index in [0.717, 1.165) is 0 Å². The maximum atomic E-state index is 11.8. The molecule has 20 heavy (non-hydrogen) atoms. The number of amides is 1. The zero-order valence-electron chi connectivity index (χ0n) is 11.4. The van der Waals surface area contributed by atoms with Crippen LogP contribution in [0.1, 0.15) is 26.7 Å². The summed E-state index contributed by atoms with van der Waals surface area (Å²) in [4.78, 5) is 23.5. The van der Waals surface area contributed by atoms with E-state index >= 15 is 0 Å². The van der Waals surface area contributed by atoms with Crippen LogP contribution in [0, 0.1) is 5.92 Å². The second kappa shape index (κ2) is 6.76. The Hall–Kier alpha value is -1.54. The third kappa shape index (κ3) is 4.24. The molecular weight excluding hydrogens is 282 g/mol. The molecule has 0 aliphatic carbocycles. The van der Waals surface area contributed by atoms with Crippen molar-refractivity contribution in [2.75, 3.05) is 11.9 Å². The summed E-state index contributed by atoms with van der Waals surface area (Å²) in [5.41, 5.74) is 1.53. The van der Waals surface area contributed by atoms with Crippen molar-refractivity contribution in [1.82, 2.24) is 10.2 Å². The van der Waals surface area contributed by atoms with Crippen molar-refractivity contribution in [1.29, 1.82) is 0 Å². The standard InChI is InChI=1S/C12H17N3O4S/c1-7(2)18-5-9-3-8(11(17)19-9)4-10(16)14-12-15-13-6-20-12/h6-9H,3-5H2,1-2H3,(H,14,15,16)/t8-,9+/m0/s1. The Bertz CT molecular complexity index is 463. The van der Waals surface area contributed by atoms with Gasteiger partial charge < -0.3 is 14.8 Å². The number of hydrogen-bond acceptors (Lipinski definition) is 7. The monoisotopic (exact) mass is 299 g/mol. The summed E-state index contributed by atoms with van der Waals surface area (Å²) in [6.07, 6.45) is 0.434. The van der Waals surface area contributed by atoms with Gasteiger partial charge in [0.25, 0.3) is 0 Å². The number of cyclic esters (lactones) is 1. The average Bonchev–Trinajstić information content (AvgIpc) is 2.98. The summed E-state index contributed by atoms with van der Waals surface area (Å²) < 4.78 is 10.6. The number of aromatic nitrogens is 2. The van der Waals surface area contributed by atoms with Crippen LogP contribution < -0.4 is 5.32 Å². The lowest BCUT2D eigenvalue weighted by Gasteiger charge is -2.11. The molecule has 1 saturated heterocycles. The van der Waals surface area contributed by atoms with Gasteiger partial charge in [-0.05, 0) is 13.8 Å². The second-order valence-electron chi connectivity index (χ2n) is 4.87. The van der Waals surface area contributed by atoms with Gasteiger partial charge in [-0.15, -0.1) is 10.2 Å². The van der Waals surface area contributed by atoms with Gasteiger partial charge in [0.1, 0.15) is 11.6 Å². The highest BCUT2D eigenvalue weighted by molar-refractivity contribution is 7.13. The molecule has 110 valence electrons. The maximum Gasteiger partial charge on any atom is 0.309 e. The Balaban J connectivity index is 1.78. The number of carbonyl (C=O) groups is 2. The highest BCUT2D eigenvalue weighted by Gasteiger charge is 2.36. The first-order valence-corrected chi connectivity index (χ1v) is 7.30. The minimum atomic E-state index is -0.413. The molecule has 0 radical (unpaired) electrons. The van der Waals surface area contributed by atoms with Gasteiger partial charge in [0.2, 0.25) is 11.0 Å². The SMILES string of the molecule is CC(C)OC[C@H]1C[C@@H](CC(=O)Nc2nncs2)C(=O)O1. The van der Waals surface area contributed by atoms with Crippen LogP contribution in [0.3, 0.4) is 0 Å². The summed E-state index contributed by atoms with van der Waals surface area (Å²) in [5.74, 6) is -1.01. The van der Waals surface area contributed by atoms with Gasteiger partial charge in [-0.2, -0.15) is 0 Å². The number of hydrogen-bond donors (Lipinski definition) is 1. The largest absolute Gasteiger partial charge is 0.460 e. The van der Waals surface area contributed by atoms with Crippen LogP contribution in [0.4, 0.5) is 5.13 Å². The molecule has 2 rings (SSSR count). The molecule has 8 heteroatoms. The van der Waals surface area contributed by atoms with Crippen molar-refractivity contribution in [2.45, 2.75) is 38.9 Å². The van der Waals surface area contributed by atoms with E-state index in [1.54, 1.807) is 0 Å². The van der Waals surface area contributed by atoms with E-state index in [1.807, 2.05) is 13.8 Å². The number of nitrogens with one attached hydrogen (secondary N) is 1. The fourth-order valence-electron chi connectivity index (χ4n) is 1.91. The van der Waals surface area contributed by atoms with E-state index in [-0.39, 0.29) is 30.5 Å². The lowest BCUT2D eigenvalue weighted by Crippen LogP contribution is -2.19. The number of nitrogens with zero attached hydrogens (tertiary/aromatic N) is 2. The number of rotatable bonds is 6. The lowest BCUT2D eigenvalue weighted by molar-refractivity contribution is -0.147. The van der Waals surface area contributed by atoms with Crippen molar-refractivity contribution < 1.29 is 19.1 Å². The highest BCUT2D eigenvalue weighted by atomic mass is 32.1. The zero-order valence-corrected chi connectivity index (χ0v) is 12.2. The molecule has 1 aromatic rings. The van der Waals surface area contributed by atoms with Crippen LogP contribution in [0.2, 0.25) is 0 Å². The van der Waals surface area contributed by atoms with Crippen molar-refractivity contribution in [3.63, 3.8) is 0 Å². The van der Waals surface area contributed by atoms with E-state index in [2.05, 4.69) is 15.5 Å². The molecular formula is C12H17N3O4S. The first kappa shape index (κ1) is 14.9. The number of anilines is 1. The van der Waals surface area contributed by atoms with Crippen LogP contribution in [0.25, 0.3) is 0 Å². The Morgan fingerprint density at radius 2 is 2.45 bits per heavy atom. The highest BCUT2D eigenvalue weighted by Crippen LogP contribution is 2.25. The van der Waals surface area contributed by atoms with Crippen molar-refractivity contribution in [3.05, 3.63) is 5.51 Å². The normalized spacial score (nSPS) is 22.1. The van der Waals surface area contributed by atoms with E-state index in [1.165, 1.54) is 16.8 Å². The maximum absolute atomic E-state index is 11.8. The van der Waals surface area contributed by atoms with E-state index in [0.29, 0.717) is 18.2 Å². The molecule has 0 aromatic carbocycles. The molecule has 2 heterocycles. The van der Waals surface area contributed by atoms with Gasteiger partial charge in [-0.25, -0.2) is 0 Å². The smallest absolute Gasteiger partial charge is 0.309 e. The Labute approximate surface area is 120 Å². The lowest BCUT2D eigenvalue weighted by atomic mass is 10.0.